The molecule has 1 aromatic heterocycles. The maximum Gasteiger partial charge on any atom is 0.337 e. The number of rotatable bonds is 7. The average molecular weight is 531 g/mol. The van der Waals surface area contributed by atoms with Gasteiger partial charge in [-0.2, -0.15) is 0 Å². The van der Waals surface area contributed by atoms with Crippen LogP contribution in [0.1, 0.15) is 23.7 Å². The Labute approximate surface area is 219 Å². The van der Waals surface area contributed by atoms with E-state index in [2.05, 4.69) is 22.9 Å². The van der Waals surface area contributed by atoms with Crippen molar-refractivity contribution in [3.8, 4) is 0 Å². The molecule has 0 amide bonds. The largest absolute Gasteiger partial charge is 0.471 e. The third kappa shape index (κ3) is 4.87. The van der Waals surface area contributed by atoms with E-state index in [4.69, 9.17) is 18.9 Å². The van der Waals surface area contributed by atoms with Crippen LogP contribution in [0.15, 0.2) is 48.8 Å². The molecule has 0 bridgehead atoms. The number of hydrogen-bond donors (Lipinski definition) is 6. The van der Waals surface area contributed by atoms with E-state index in [0.29, 0.717) is 12.0 Å². The summed E-state index contributed by atoms with van der Waals surface area (Å²) in [5, 5.41) is 44.6. The minimum Gasteiger partial charge on any atom is -0.471 e. The number of aliphatic hydroxyl groups excluding tert-OH is 4. The first kappa shape index (κ1) is 26.8. The molecule has 3 aliphatic rings. The summed E-state index contributed by atoms with van der Waals surface area (Å²) in [6.45, 7) is 4.49. The molecule has 38 heavy (non-hydrogen) atoms. The van der Waals surface area contributed by atoms with E-state index < -0.39 is 48.9 Å². The van der Waals surface area contributed by atoms with Crippen molar-refractivity contribution in [1.29, 1.82) is 0 Å². The number of hydrogen-bond acceptors (Lipinski definition) is 10. The van der Waals surface area contributed by atoms with Crippen molar-refractivity contribution in [3.05, 3.63) is 60.0 Å². The van der Waals surface area contributed by atoms with Gasteiger partial charge >= 0.3 is 5.97 Å². The fourth-order valence-electron chi connectivity index (χ4n) is 5.72. The predicted molar refractivity (Wildman–Crippen MR) is 134 cm³/mol. The van der Waals surface area contributed by atoms with Crippen LogP contribution in [-0.2, 0) is 30.2 Å². The fraction of sp³-hybridized carbons (Fsp3) is 0.519. The number of esters is 1. The van der Waals surface area contributed by atoms with Crippen LogP contribution in [0.4, 0.5) is 0 Å². The van der Waals surface area contributed by atoms with E-state index in [1.807, 2.05) is 18.2 Å². The van der Waals surface area contributed by atoms with Crippen LogP contribution in [0, 0.1) is 11.8 Å². The summed E-state index contributed by atoms with van der Waals surface area (Å²) < 4.78 is 21.9. The second-order valence-corrected chi connectivity index (χ2v) is 9.91. The molecular formula is C27H34N2O9. The van der Waals surface area contributed by atoms with Gasteiger partial charge in [-0.3, -0.25) is 0 Å². The standard InChI is InChI=1S/C27H34N2O9/c1-3-13-16(10-19-21-15(8-9-28-19)14-6-4-5-7-18(14)29-21)17(25(33)35-2)11-36-27(13)37-12-20-22(30)23(31)24(32)26(34)38-20/h3-7,11,13,16,19-20,22-24,26-32,34H,1,8-10,12H2,2H3/t13-,16+,19+,20-,22-,23+,24-,26-,27+/m0/s1. The first-order chi connectivity index (χ1) is 18.3. The summed E-state index contributed by atoms with van der Waals surface area (Å²) in [5.41, 5.74) is 3.74. The molecule has 0 saturated carbocycles. The molecule has 0 spiro atoms. The molecule has 4 heterocycles. The van der Waals surface area contributed by atoms with Crippen LogP contribution in [0.3, 0.4) is 0 Å². The number of nitrogens with one attached hydrogen (secondary N) is 2. The Hall–Kier alpha value is -2.77. The van der Waals surface area contributed by atoms with Crippen molar-refractivity contribution < 1.29 is 44.2 Å². The van der Waals surface area contributed by atoms with Gasteiger partial charge in [-0.1, -0.05) is 24.3 Å². The highest BCUT2D eigenvalue weighted by Gasteiger charge is 2.45. The molecule has 2 aromatic rings. The van der Waals surface area contributed by atoms with Gasteiger partial charge in [0.1, 0.15) is 24.4 Å². The number of methoxy groups -OCH3 is 1. The molecule has 1 aromatic carbocycles. The van der Waals surface area contributed by atoms with Crippen molar-refractivity contribution in [3.63, 3.8) is 0 Å². The van der Waals surface area contributed by atoms with E-state index in [9.17, 15) is 25.2 Å². The van der Waals surface area contributed by atoms with Crippen molar-refractivity contribution >= 4 is 16.9 Å². The van der Waals surface area contributed by atoms with Gasteiger partial charge in [0.2, 0.25) is 6.29 Å². The van der Waals surface area contributed by atoms with E-state index in [-0.39, 0.29) is 18.6 Å². The first-order valence-electron chi connectivity index (χ1n) is 12.7. The molecule has 11 heteroatoms. The maximum atomic E-state index is 12.7. The smallest absolute Gasteiger partial charge is 0.337 e. The lowest BCUT2D eigenvalue weighted by Gasteiger charge is -2.40. The highest BCUT2D eigenvalue weighted by atomic mass is 16.7. The zero-order chi connectivity index (χ0) is 27.0. The quantitative estimate of drug-likeness (QED) is 0.218. The molecule has 0 radical (unpaired) electrons. The number of benzene rings is 1. The molecule has 11 nitrogen and oxygen atoms in total. The lowest BCUT2D eigenvalue weighted by atomic mass is 9.78. The summed E-state index contributed by atoms with van der Waals surface area (Å²) in [7, 11) is 1.31. The Morgan fingerprint density at radius 1 is 1.18 bits per heavy atom. The van der Waals surface area contributed by atoms with Gasteiger partial charge in [-0.15, -0.1) is 6.58 Å². The molecule has 6 N–H and O–H groups in total. The average Bonchev–Trinajstić information content (AvgIpc) is 3.32. The molecule has 0 aliphatic carbocycles. The number of aliphatic hydroxyl groups is 4. The minimum atomic E-state index is -1.68. The monoisotopic (exact) mass is 530 g/mol. The van der Waals surface area contributed by atoms with Gasteiger partial charge in [0, 0.05) is 34.5 Å². The third-order valence-electron chi connectivity index (χ3n) is 7.76. The normalized spacial score (nSPS) is 35.2. The molecule has 9 atom stereocenters. The predicted octanol–water partition coefficient (Wildman–Crippen LogP) is 0.393. The van der Waals surface area contributed by atoms with Crippen LogP contribution in [0.5, 0.6) is 0 Å². The Kier molecular flexibility index (Phi) is 7.87. The summed E-state index contributed by atoms with van der Waals surface area (Å²) in [6, 6.07) is 8.08. The summed E-state index contributed by atoms with van der Waals surface area (Å²) in [4.78, 5) is 16.3. The fourth-order valence-corrected chi connectivity index (χ4v) is 5.72. The Bertz CT molecular complexity index is 1200. The van der Waals surface area contributed by atoms with E-state index in [0.717, 1.165) is 24.2 Å². The second-order valence-electron chi connectivity index (χ2n) is 9.91. The number of aromatic amines is 1. The van der Waals surface area contributed by atoms with Crippen LogP contribution >= 0.6 is 0 Å². The van der Waals surface area contributed by atoms with E-state index in [1.54, 1.807) is 6.08 Å². The van der Waals surface area contributed by atoms with E-state index in [1.165, 1.54) is 24.3 Å². The van der Waals surface area contributed by atoms with Crippen molar-refractivity contribution in [2.24, 2.45) is 11.8 Å². The van der Waals surface area contributed by atoms with Crippen molar-refractivity contribution in [2.75, 3.05) is 20.3 Å². The van der Waals surface area contributed by atoms with Gasteiger partial charge in [0.15, 0.2) is 6.29 Å². The molecular weight excluding hydrogens is 496 g/mol. The Balaban J connectivity index is 1.37. The first-order valence-corrected chi connectivity index (χ1v) is 12.7. The molecule has 3 aliphatic heterocycles. The summed E-state index contributed by atoms with van der Waals surface area (Å²) in [6.07, 6.45) is -4.01. The molecule has 1 saturated heterocycles. The van der Waals surface area contributed by atoms with Crippen molar-refractivity contribution in [1.82, 2.24) is 10.3 Å². The molecule has 206 valence electrons. The zero-order valence-corrected chi connectivity index (χ0v) is 21.0. The Morgan fingerprint density at radius 2 is 1.97 bits per heavy atom. The van der Waals surface area contributed by atoms with Gasteiger partial charge < -0.3 is 49.7 Å². The number of para-hydroxylation sites is 1. The number of ether oxygens (including phenoxy) is 4. The van der Waals surface area contributed by atoms with Crippen LogP contribution in [0.2, 0.25) is 0 Å². The lowest BCUT2D eigenvalue weighted by molar-refractivity contribution is -0.297. The number of carbonyl (C=O) groups excluding carboxylic acids is 1. The summed E-state index contributed by atoms with van der Waals surface area (Å²) >= 11 is 0. The Morgan fingerprint density at radius 3 is 2.74 bits per heavy atom. The number of H-pyrrole nitrogens is 1. The highest BCUT2D eigenvalue weighted by Crippen LogP contribution is 2.41. The van der Waals surface area contributed by atoms with Gasteiger partial charge in [0.05, 0.1) is 25.6 Å². The molecule has 5 rings (SSSR count). The van der Waals surface area contributed by atoms with Gasteiger partial charge in [-0.05, 0) is 31.0 Å². The lowest BCUT2D eigenvalue weighted by Crippen LogP contribution is -2.59. The van der Waals surface area contributed by atoms with Gasteiger partial charge in [0.25, 0.3) is 0 Å². The van der Waals surface area contributed by atoms with Gasteiger partial charge in [-0.25, -0.2) is 4.79 Å². The van der Waals surface area contributed by atoms with E-state index >= 15 is 0 Å². The minimum absolute atomic E-state index is 0.0827. The van der Waals surface area contributed by atoms with Crippen LogP contribution in [-0.4, -0.2) is 88.6 Å². The summed E-state index contributed by atoms with van der Waals surface area (Å²) in [5.74, 6) is -1.38. The zero-order valence-electron chi connectivity index (χ0n) is 21.0. The number of fused-ring (bicyclic) bond motifs is 3. The highest BCUT2D eigenvalue weighted by molar-refractivity contribution is 5.89. The maximum absolute atomic E-state index is 12.7. The third-order valence-corrected chi connectivity index (χ3v) is 7.76. The SMILES string of the molecule is C=C[C@@H]1[C@@H](OC[C@@H]2O[C@H](O)[C@@H](O)[C@H](O)[C@H]2O)OC=C(C(=O)OC)[C@@H]1C[C@H]1NCCc2c1[nH]c1ccccc21. The van der Waals surface area contributed by atoms with Crippen molar-refractivity contribution in [2.45, 2.75) is 55.9 Å². The van der Waals surface area contributed by atoms with Crippen LogP contribution < -0.4 is 5.32 Å². The van der Waals surface area contributed by atoms with Crippen LogP contribution in [0.25, 0.3) is 10.9 Å². The molecule has 1 fully saturated rings. The second kappa shape index (κ2) is 11.1. The topological polar surface area (TPSA) is 163 Å². The molecule has 0 unspecified atom stereocenters. The number of carbonyl (C=O) groups is 1. The number of aromatic nitrogens is 1.